The van der Waals surface area contributed by atoms with Gasteiger partial charge in [0.05, 0.1) is 0 Å². The average Bonchev–Trinajstić information content (AvgIpc) is 2.18. The van der Waals surface area contributed by atoms with Crippen LogP contribution in [0.5, 0.6) is 0 Å². The van der Waals surface area contributed by atoms with E-state index in [1.165, 1.54) is 24.0 Å². The second-order valence-electron chi connectivity index (χ2n) is 4.53. The summed E-state index contributed by atoms with van der Waals surface area (Å²) in [5.41, 5.74) is 2.82. The lowest BCUT2D eigenvalue weighted by molar-refractivity contribution is 0.506. The molecule has 0 spiro atoms. The smallest absolute Gasteiger partial charge is 0.0294 e. The maximum absolute atomic E-state index is 3.51. The number of rotatable bonds is 5. The highest BCUT2D eigenvalue weighted by atomic mass is 14.9. The largest absolute Gasteiger partial charge is 0.308 e. The van der Waals surface area contributed by atoms with E-state index in [4.69, 9.17) is 0 Å². The minimum absolute atomic E-state index is 0.445. The van der Waals surface area contributed by atoms with Crippen molar-refractivity contribution in [2.75, 3.05) is 0 Å². The van der Waals surface area contributed by atoms with Crippen LogP contribution in [0, 0.1) is 0 Å². The molecule has 1 aromatic rings. The molecule has 0 heterocycles. The molecule has 0 bridgehead atoms. The summed E-state index contributed by atoms with van der Waals surface area (Å²) in [6.45, 7) is 8.80. The standard InChI is InChI=1S/C14H23N/c1-5-6-13-7-9-14(10-8-13)12(4)15-11(2)3/h7-12,15H,5-6H2,1-4H3/t12-/m1/s1. The first-order valence-electron chi connectivity index (χ1n) is 5.98. The Morgan fingerprint density at radius 2 is 1.67 bits per heavy atom. The second kappa shape index (κ2) is 5.92. The molecule has 0 unspecified atom stereocenters. The molecule has 1 N–H and O–H groups in total. The van der Waals surface area contributed by atoms with E-state index in [9.17, 15) is 0 Å². The van der Waals surface area contributed by atoms with Gasteiger partial charge in [0.15, 0.2) is 0 Å². The van der Waals surface area contributed by atoms with Crippen molar-refractivity contribution in [1.82, 2.24) is 5.32 Å². The molecular formula is C14H23N. The maximum atomic E-state index is 3.51. The summed E-state index contributed by atoms with van der Waals surface area (Å²) in [7, 11) is 0. The van der Waals surface area contributed by atoms with Gasteiger partial charge in [-0.25, -0.2) is 0 Å². The quantitative estimate of drug-likeness (QED) is 0.773. The third kappa shape index (κ3) is 4.05. The van der Waals surface area contributed by atoms with Crippen molar-refractivity contribution < 1.29 is 0 Å². The first-order valence-corrected chi connectivity index (χ1v) is 5.98. The van der Waals surface area contributed by atoms with Gasteiger partial charge < -0.3 is 5.32 Å². The molecule has 0 aliphatic heterocycles. The normalized spacial score (nSPS) is 13.1. The zero-order valence-electron chi connectivity index (χ0n) is 10.4. The molecule has 0 aliphatic rings. The van der Waals surface area contributed by atoms with Crippen LogP contribution < -0.4 is 5.32 Å². The molecule has 0 saturated heterocycles. The summed E-state index contributed by atoms with van der Waals surface area (Å²) < 4.78 is 0. The summed E-state index contributed by atoms with van der Waals surface area (Å²) in [5.74, 6) is 0. The molecule has 0 fully saturated rings. The zero-order valence-corrected chi connectivity index (χ0v) is 10.4. The van der Waals surface area contributed by atoms with Gasteiger partial charge in [0.25, 0.3) is 0 Å². The van der Waals surface area contributed by atoms with E-state index in [-0.39, 0.29) is 0 Å². The van der Waals surface area contributed by atoms with Crippen molar-refractivity contribution in [3.63, 3.8) is 0 Å². The van der Waals surface area contributed by atoms with E-state index in [2.05, 4.69) is 57.3 Å². The summed E-state index contributed by atoms with van der Waals surface area (Å²) in [4.78, 5) is 0. The molecule has 1 aromatic carbocycles. The highest BCUT2D eigenvalue weighted by Gasteiger charge is 2.05. The predicted octanol–water partition coefficient (Wildman–Crippen LogP) is 3.70. The average molecular weight is 205 g/mol. The van der Waals surface area contributed by atoms with Crippen LogP contribution in [0.3, 0.4) is 0 Å². The van der Waals surface area contributed by atoms with E-state index in [1.807, 2.05) is 0 Å². The Labute approximate surface area is 93.9 Å². The molecule has 0 radical (unpaired) electrons. The highest BCUT2D eigenvalue weighted by molar-refractivity contribution is 5.24. The second-order valence-corrected chi connectivity index (χ2v) is 4.53. The van der Waals surface area contributed by atoms with Crippen LogP contribution in [0.15, 0.2) is 24.3 Å². The van der Waals surface area contributed by atoms with Crippen LogP contribution in [-0.4, -0.2) is 6.04 Å². The lowest BCUT2D eigenvalue weighted by Gasteiger charge is -2.17. The molecule has 0 aromatic heterocycles. The summed E-state index contributed by atoms with van der Waals surface area (Å²) >= 11 is 0. The molecule has 15 heavy (non-hydrogen) atoms. The van der Waals surface area contributed by atoms with Crippen LogP contribution in [0.4, 0.5) is 0 Å². The summed E-state index contributed by atoms with van der Waals surface area (Å²) in [5, 5.41) is 3.51. The molecule has 1 rings (SSSR count). The molecule has 1 atom stereocenters. The lowest BCUT2D eigenvalue weighted by atomic mass is 10.0. The van der Waals surface area contributed by atoms with E-state index < -0.39 is 0 Å². The van der Waals surface area contributed by atoms with Crippen molar-refractivity contribution in [1.29, 1.82) is 0 Å². The van der Waals surface area contributed by atoms with Crippen LogP contribution in [0.1, 0.15) is 51.3 Å². The summed E-state index contributed by atoms with van der Waals surface area (Å²) in [6, 6.07) is 9.96. The van der Waals surface area contributed by atoms with Crippen LogP contribution >= 0.6 is 0 Å². The molecule has 1 nitrogen and oxygen atoms in total. The van der Waals surface area contributed by atoms with Gasteiger partial charge in [-0.1, -0.05) is 51.5 Å². The van der Waals surface area contributed by atoms with Gasteiger partial charge in [-0.05, 0) is 24.5 Å². The van der Waals surface area contributed by atoms with Crippen molar-refractivity contribution in [3.05, 3.63) is 35.4 Å². The fourth-order valence-corrected chi connectivity index (χ4v) is 1.86. The Morgan fingerprint density at radius 3 is 2.13 bits per heavy atom. The Balaban J connectivity index is 2.62. The molecule has 0 aliphatic carbocycles. The van der Waals surface area contributed by atoms with Crippen molar-refractivity contribution in [2.45, 2.75) is 52.6 Å². The van der Waals surface area contributed by atoms with Gasteiger partial charge >= 0.3 is 0 Å². The molecule has 1 heteroatoms. The van der Waals surface area contributed by atoms with Gasteiger partial charge in [0, 0.05) is 12.1 Å². The fraction of sp³-hybridized carbons (Fsp3) is 0.571. The van der Waals surface area contributed by atoms with E-state index in [0.29, 0.717) is 12.1 Å². The van der Waals surface area contributed by atoms with Crippen LogP contribution in [0.25, 0.3) is 0 Å². The lowest BCUT2D eigenvalue weighted by Crippen LogP contribution is -2.25. The summed E-state index contributed by atoms with van der Waals surface area (Å²) in [6.07, 6.45) is 2.41. The Bertz CT molecular complexity index is 274. The third-order valence-electron chi connectivity index (χ3n) is 2.60. The van der Waals surface area contributed by atoms with Crippen LogP contribution in [-0.2, 0) is 6.42 Å². The minimum atomic E-state index is 0.445. The fourth-order valence-electron chi connectivity index (χ4n) is 1.86. The van der Waals surface area contributed by atoms with Gasteiger partial charge in [-0.2, -0.15) is 0 Å². The minimum Gasteiger partial charge on any atom is -0.308 e. The Kier molecular flexibility index (Phi) is 4.83. The van der Waals surface area contributed by atoms with Gasteiger partial charge in [-0.15, -0.1) is 0 Å². The number of hydrogen-bond acceptors (Lipinski definition) is 1. The highest BCUT2D eigenvalue weighted by Crippen LogP contribution is 2.14. The molecule has 84 valence electrons. The number of aryl methyl sites for hydroxylation is 1. The SMILES string of the molecule is CCCc1ccc([C@@H](C)NC(C)C)cc1. The van der Waals surface area contributed by atoms with E-state index >= 15 is 0 Å². The maximum Gasteiger partial charge on any atom is 0.0294 e. The first kappa shape index (κ1) is 12.3. The van der Waals surface area contributed by atoms with Gasteiger partial charge in [0.1, 0.15) is 0 Å². The van der Waals surface area contributed by atoms with E-state index in [0.717, 1.165) is 0 Å². The molecular weight excluding hydrogens is 182 g/mol. The van der Waals surface area contributed by atoms with Crippen molar-refractivity contribution >= 4 is 0 Å². The van der Waals surface area contributed by atoms with Crippen molar-refractivity contribution in [3.8, 4) is 0 Å². The van der Waals surface area contributed by atoms with Gasteiger partial charge in [-0.3, -0.25) is 0 Å². The number of hydrogen-bond donors (Lipinski definition) is 1. The van der Waals surface area contributed by atoms with E-state index in [1.54, 1.807) is 0 Å². The van der Waals surface area contributed by atoms with Gasteiger partial charge in [0.2, 0.25) is 0 Å². The first-order chi connectivity index (χ1) is 7.13. The Hall–Kier alpha value is -0.820. The third-order valence-corrected chi connectivity index (χ3v) is 2.60. The number of benzene rings is 1. The monoisotopic (exact) mass is 205 g/mol. The predicted molar refractivity (Wildman–Crippen MR) is 67.1 cm³/mol. The van der Waals surface area contributed by atoms with Crippen LogP contribution in [0.2, 0.25) is 0 Å². The molecule has 0 saturated carbocycles. The zero-order chi connectivity index (χ0) is 11.3. The Morgan fingerprint density at radius 1 is 1.07 bits per heavy atom. The topological polar surface area (TPSA) is 12.0 Å². The van der Waals surface area contributed by atoms with Crippen molar-refractivity contribution in [2.24, 2.45) is 0 Å². The molecule has 0 amide bonds. The number of nitrogens with one attached hydrogen (secondary N) is 1.